The van der Waals surface area contributed by atoms with Crippen LogP contribution in [0.3, 0.4) is 0 Å². The smallest absolute Gasteiger partial charge is 0.193 e. The summed E-state index contributed by atoms with van der Waals surface area (Å²) in [6.45, 7) is 0. The van der Waals surface area contributed by atoms with Crippen LogP contribution in [0.1, 0.15) is 10.4 Å². The van der Waals surface area contributed by atoms with E-state index in [-0.39, 0.29) is 5.68 Å². The highest BCUT2D eigenvalue weighted by Crippen LogP contribution is 2.24. The number of rotatable bonds is 1. The summed E-state index contributed by atoms with van der Waals surface area (Å²) in [5.74, 6) is 0. The van der Waals surface area contributed by atoms with Crippen LogP contribution in [0.5, 0.6) is 0 Å². The highest BCUT2D eigenvalue weighted by atomic mass is 79.9. The molecule has 0 aliphatic heterocycles. The molecular formula is C7H5BBr2O. The molecule has 0 fully saturated rings. The average Bonchev–Trinajstić information content (AvgIpc) is 1.85. The molecule has 0 radical (unpaired) electrons. The Morgan fingerprint density at radius 3 is 2.00 bits per heavy atom. The second kappa shape index (κ2) is 3.54. The van der Waals surface area contributed by atoms with Gasteiger partial charge in [0.05, 0.1) is 0 Å². The monoisotopic (exact) mass is 274 g/mol. The highest BCUT2D eigenvalue weighted by molar-refractivity contribution is 9.11. The molecule has 0 unspecified atom stereocenters. The second-order valence-electron chi connectivity index (χ2n) is 2.15. The normalized spacial score (nSPS) is 9.64. The van der Waals surface area contributed by atoms with Gasteiger partial charge in [0.25, 0.3) is 0 Å². The van der Waals surface area contributed by atoms with E-state index in [1.54, 1.807) is 7.85 Å². The molecule has 0 saturated heterocycles. The van der Waals surface area contributed by atoms with E-state index >= 15 is 0 Å². The van der Waals surface area contributed by atoms with E-state index in [9.17, 15) is 4.79 Å². The standard InChI is InChI=1S/C7H5BBr2O/c8-7(11)6-4(9)2-1-3-5(6)10/h1-3H,8H2. The van der Waals surface area contributed by atoms with Gasteiger partial charge in [0.2, 0.25) is 0 Å². The summed E-state index contributed by atoms with van der Waals surface area (Å²) in [4.78, 5) is 11.0. The predicted octanol–water partition coefficient (Wildman–Crippen LogP) is 1.98. The summed E-state index contributed by atoms with van der Waals surface area (Å²) in [6, 6.07) is 5.57. The Bertz CT molecular complexity index is 278. The fourth-order valence-corrected chi connectivity index (χ4v) is 2.39. The van der Waals surface area contributed by atoms with Gasteiger partial charge in [-0.1, -0.05) is 37.9 Å². The molecule has 0 amide bonds. The highest BCUT2D eigenvalue weighted by Gasteiger charge is 2.07. The molecule has 0 aromatic heterocycles. The Morgan fingerprint density at radius 2 is 1.73 bits per heavy atom. The first-order chi connectivity index (χ1) is 5.13. The minimum absolute atomic E-state index is 0.0596. The molecule has 0 bridgehead atoms. The molecule has 0 spiro atoms. The molecule has 0 atom stereocenters. The number of hydrogen-bond acceptors (Lipinski definition) is 1. The van der Waals surface area contributed by atoms with E-state index in [0.29, 0.717) is 5.56 Å². The predicted molar refractivity (Wildman–Crippen MR) is 54.7 cm³/mol. The van der Waals surface area contributed by atoms with Crippen molar-refractivity contribution < 1.29 is 4.79 Å². The zero-order valence-electron chi connectivity index (χ0n) is 5.90. The van der Waals surface area contributed by atoms with E-state index in [4.69, 9.17) is 0 Å². The Balaban J connectivity index is 3.32. The van der Waals surface area contributed by atoms with Crippen LogP contribution < -0.4 is 0 Å². The lowest BCUT2D eigenvalue weighted by atomic mass is 9.95. The third-order valence-corrected chi connectivity index (χ3v) is 2.64. The molecule has 0 saturated carbocycles. The molecule has 56 valence electrons. The van der Waals surface area contributed by atoms with E-state index in [1.165, 1.54) is 0 Å². The molecule has 0 aliphatic carbocycles. The maximum atomic E-state index is 11.0. The zero-order valence-corrected chi connectivity index (χ0v) is 9.07. The quantitative estimate of drug-likeness (QED) is 0.717. The summed E-state index contributed by atoms with van der Waals surface area (Å²) in [7, 11) is 1.55. The SMILES string of the molecule is BC(=O)c1c(Br)cccc1Br. The van der Waals surface area contributed by atoms with Gasteiger partial charge in [-0.25, -0.2) is 0 Å². The summed E-state index contributed by atoms with van der Waals surface area (Å²) in [5, 5.41) is 0. The Labute approximate surface area is 82.8 Å². The Hall–Kier alpha value is -0.0851. The number of carbonyl (C=O) groups is 1. The van der Waals surface area contributed by atoms with Crippen molar-refractivity contribution in [1.82, 2.24) is 0 Å². The van der Waals surface area contributed by atoms with E-state index in [2.05, 4.69) is 31.9 Å². The second-order valence-corrected chi connectivity index (χ2v) is 3.86. The molecule has 11 heavy (non-hydrogen) atoms. The van der Waals surface area contributed by atoms with Gasteiger partial charge in [-0.3, -0.25) is 0 Å². The van der Waals surface area contributed by atoms with Crippen molar-refractivity contribution in [3.05, 3.63) is 32.7 Å². The third kappa shape index (κ3) is 1.94. The van der Waals surface area contributed by atoms with Gasteiger partial charge in [0.1, 0.15) is 5.68 Å². The number of hydrogen-bond donors (Lipinski definition) is 0. The molecule has 0 heterocycles. The lowest BCUT2D eigenvalue weighted by molar-refractivity contribution is 0.107. The van der Waals surface area contributed by atoms with Crippen molar-refractivity contribution in [3.63, 3.8) is 0 Å². The first-order valence-corrected chi connectivity index (χ1v) is 4.66. The van der Waals surface area contributed by atoms with Gasteiger partial charge in [-0.2, -0.15) is 0 Å². The topological polar surface area (TPSA) is 17.1 Å². The lowest BCUT2D eigenvalue weighted by Crippen LogP contribution is -1.99. The van der Waals surface area contributed by atoms with Crippen LogP contribution in [0.4, 0.5) is 0 Å². The van der Waals surface area contributed by atoms with Crippen LogP contribution in [-0.4, -0.2) is 13.5 Å². The van der Waals surface area contributed by atoms with Crippen molar-refractivity contribution in [2.45, 2.75) is 0 Å². The van der Waals surface area contributed by atoms with Gasteiger partial charge in [-0.15, -0.1) is 0 Å². The van der Waals surface area contributed by atoms with E-state index in [0.717, 1.165) is 8.95 Å². The number of carbonyl (C=O) groups excluding carboxylic acids is 1. The fourth-order valence-electron chi connectivity index (χ4n) is 0.834. The van der Waals surface area contributed by atoms with E-state index < -0.39 is 0 Å². The molecule has 1 aromatic carbocycles. The maximum absolute atomic E-state index is 11.0. The third-order valence-electron chi connectivity index (χ3n) is 1.31. The number of halogens is 2. The number of benzene rings is 1. The molecular weight excluding hydrogens is 271 g/mol. The summed E-state index contributed by atoms with van der Waals surface area (Å²) < 4.78 is 1.67. The molecule has 1 nitrogen and oxygen atoms in total. The van der Waals surface area contributed by atoms with Gasteiger partial charge in [-0.05, 0) is 12.1 Å². The summed E-state index contributed by atoms with van der Waals surface area (Å²) >= 11 is 6.59. The van der Waals surface area contributed by atoms with Crippen molar-refractivity contribution >= 4 is 45.4 Å². The maximum Gasteiger partial charge on any atom is 0.193 e. The Morgan fingerprint density at radius 1 is 1.27 bits per heavy atom. The van der Waals surface area contributed by atoms with Crippen LogP contribution in [0.15, 0.2) is 27.1 Å². The minimum Gasteiger partial charge on any atom is -0.307 e. The summed E-state index contributed by atoms with van der Waals surface area (Å²) in [6.07, 6.45) is 0. The summed E-state index contributed by atoms with van der Waals surface area (Å²) in [5.41, 5.74) is 0.761. The van der Waals surface area contributed by atoms with Crippen LogP contribution in [0, 0.1) is 0 Å². The van der Waals surface area contributed by atoms with Crippen molar-refractivity contribution in [3.8, 4) is 0 Å². The van der Waals surface area contributed by atoms with Crippen LogP contribution in [0.25, 0.3) is 0 Å². The first-order valence-electron chi connectivity index (χ1n) is 3.08. The zero-order chi connectivity index (χ0) is 8.43. The molecule has 1 aromatic rings. The van der Waals surface area contributed by atoms with Crippen molar-refractivity contribution in [2.24, 2.45) is 0 Å². The van der Waals surface area contributed by atoms with Crippen molar-refractivity contribution in [2.75, 3.05) is 0 Å². The average molecular weight is 276 g/mol. The fraction of sp³-hybridized carbons (Fsp3) is 0. The molecule has 1 rings (SSSR count). The largest absolute Gasteiger partial charge is 0.307 e. The van der Waals surface area contributed by atoms with Gasteiger partial charge < -0.3 is 4.79 Å². The minimum atomic E-state index is 0.0596. The molecule has 0 aliphatic rings. The van der Waals surface area contributed by atoms with Crippen molar-refractivity contribution in [1.29, 1.82) is 0 Å². The van der Waals surface area contributed by atoms with E-state index in [1.807, 2.05) is 18.2 Å². The molecule has 0 N–H and O–H groups in total. The molecule has 4 heteroatoms. The van der Waals surface area contributed by atoms with Gasteiger partial charge in [0.15, 0.2) is 7.85 Å². The lowest BCUT2D eigenvalue weighted by Gasteiger charge is -2.01. The first kappa shape index (κ1) is 9.01. The van der Waals surface area contributed by atoms with Crippen LogP contribution in [-0.2, 0) is 0 Å². The van der Waals surface area contributed by atoms with Gasteiger partial charge >= 0.3 is 0 Å². The van der Waals surface area contributed by atoms with Crippen LogP contribution >= 0.6 is 31.9 Å². The van der Waals surface area contributed by atoms with Gasteiger partial charge in [0, 0.05) is 14.5 Å². The Kier molecular flexibility index (Phi) is 2.90. The van der Waals surface area contributed by atoms with Crippen LogP contribution in [0.2, 0.25) is 0 Å².